The summed E-state index contributed by atoms with van der Waals surface area (Å²) < 4.78 is 32.2. The number of anilines is 1. The molecule has 0 atom stereocenters. The van der Waals surface area contributed by atoms with Crippen molar-refractivity contribution in [2.24, 2.45) is 5.73 Å². The van der Waals surface area contributed by atoms with Gasteiger partial charge in [-0.15, -0.1) is 11.3 Å². The minimum absolute atomic E-state index is 0.0541. The van der Waals surface area contributed by atoms with Crippen LogP contribution in [0.25, 0.3) is 0 Å². The van der Waals surface area contributed by atoms with Crippen LogP contribution in [0.15, 0.2) is 29.2 Å². The van der Waals surface area contributed by atoms with Gasteiger partial charge in [0.25, 0.3) is 11.8 Å². The number of imide groups is 1. The van der Waals surface area contributed by atoms with E-state index in [4.69, 9.17) is 10.5 Å². The SMILES string of the molecule is CC(=O)N1CCc2c(sc(NC(=O)c3ccc(S(=O)(=O)N4CCOCC4)cc3)c2C(=O)NC(N)=O)C1. The number of nitrogens with two attached hydrogens (primary N) is 1. The Morgan fingerprint density at radius 2 is 1.69 bits per heavy atom. The van der Waals surface area contributed by atoms with E-state index in [0.29, 0.717) is 36.6 Å². The van der Waals surface area contributed by atoms with Gasteiger partial charge in [-0.05, 0) is 36.2 Å². The Morgan fingerprint density at radius 3 is 2.31 bits per heavy atom. The molecule has 4 rings (SSSR count). The van der Waals surface area contributed by atoms with Crippen molar-refractivity contribution in [2.45, 2.75) is 24.8 Å². The molecule has 4 N–H and O–H groups in total. The van der Waals surface area contributed by atoms with Gasteiger partial charge in [-0.3, -0.25) is 19.7 Å². The van der Waals surface area contributed by atoms with E-state index in [1.807, 2.05) is 5.32 Å². The van der Waals surface area contributed by atoms with Gasteiger partial charge in [-0.1, -0.05) is 0 Å². The first-order valence-corrected chi connectivity index (χ1v) is 13.3. The van der Waals surface area contributed by atoms with Crippen molar-refractivity contribution < 1.29 is 32.3 Å². The van der Waals surface area contributed by atoms with Gasteiger partial charge < -0.3 is 20.7 Å². The fourth-order valence-corrected chi connectivity index (χ4v) is 6.73. The summed E-state index contributed by atoms with van der Waals surface area (Å²) in [4.78, 5) is 51.2. The molecule has 1 aromatic heterocycles. The third-order valence-electron chi connectivity index (χ3n) is 5.92. The molecule has 0 radical (unpaired) electrons. The quantitative estimate of drug-likeness (QED) is 0.507. The first-order chi connectivity index (χ1) is 17.1. The number of amides is 5. The summed E-state index contributed by atoms with van der Waals surface area (Å²) in [5.74, 6) is -1.44. The van der Waals surface area contributed by atoms with E-state index in [1.165, 1.54) is 35.5 Å². The first-order valence-electron chi connectivity index (χ1n) is 11.1. The van der Waals surface area contributed by atoms with Crippen LogP contribution in [0.1, 0.15) is 38.1 Å². The number of morpholine rings is 1. The van der Waals surface area contributed by atoms with Crippen LogP contribution in [-0.2, 0) is 32.5 Å². The van der Waals surface area contributed by atoms with Gasteiger partial charge in [0.1, 0.15) is 5.00 Å². The van der Waals surface area contributed by atoms with Gasteiger partial charge in [-0.2, -0.15) is 4.31 Å². The highest BCUT2D eigenvalue weighted by Crippen LogP contribution is 2.37. The lowest BCUT2D eigenvalue weighted by molar-refractivity contribution is -0.129. The van der Waals surface area contributed by atoms with Gasteiger partial charge in [0.2, 0.25) is 15.9 Å². The predicted octanol–water partition coefficient (Wildman–Crippen LogP) is 0.734. The minimum Gasteiger partial charge on any atom is -0.379 e. The molecule has 5 amide bonds. The number of nitrogens with zero attached hydrogens (tertiary/aromatic N) is 2. The Hall–Kier alpha value is -3.33. The number of rotatable bonds is 5. The highest BCUT2D eigenvalue weighted by Gasteiger charge is 2.30. The van der Waals surface area contributed by atoms with Crippen molar-refractivity contribution in [1.82, 2.24) is 14.5 Å². The highest BCUT2D eigenvalue weighted by molar-refractivity contribution is 7.89. The molecule has 1 fully saturated rings. The second-order valence-electron chi connectivity index (χ2n) is 8.21. The number of fused-ring (bicyclic) bond motifs is 1. The van der Waals surface area contributed by atoms with E-state index < -0.39 is 27.9 Å². The molecule has 0 aliphatic carbocycles. The van der Waals surface area contributed by atoms with Crippen LogP contribution < -0.4 is 16.4 Å². The molecule has 2 aliphatic heterocycles. The van der Waals surface area contributed by atoms with E-state index in [-0.39, 0.29) is 46.6 Å². The highest BCUT2D eigenvalue weighted by atomic mass is 32.2. The van der Waals surface area contributed by atoms with Crippen molar-refractivity contribution in [1.29, 1.82) is 0 Å². The molecule has 36 heavy (non-hydrogen) atoms. The number of primary amides is 1. The summed E-state index contributed by atoms with van der Waals surface area (Å²) in [7, 11) is -3.71. The predicted molar refractivity (Wildman–Crippen MR) is 130 cm³/mol. The van der Waals surface area contributed by atoms with E-state index in [1.54, 1.807) is 4.90 Å². The summed E-state index contributed by atoms with van der Waals surface area (Å²) in [6.07, 6.45) is 0.372. The zero-order valence-electron chi connectivity index (χ0n) is 19.4. The molecule has 0 bridgehead atoms. The first kappa shape index (κ1) is 25.8. The van der Waals surface area contributed by atoms with Crippen molar-refractivity contribution >= 4 is 50.1 Å². The molecule has 2 aromatic rings. The summed E-state index contributed by atoms with van der Waals surface area (Å²) in [6.45, 7) is 3.26. The average molecular weight is 536 g/mol. The Labute approximate surface area is 211 Å². The number of carbonyl (C=O) groups is 4. The summed E-state index contributed by atoms with van der Waals surface area (Å²) in [5, 5.41) is 4.93. The molecule has 1 aromatic carbocycles. The van der Waals surface area contributed by atoms with Crippen LogP contribution in [-0.4, -0.2) is 74.2 Å². The Balaban J connectivity index is 1.58. The fraction of sp³-hybridized carbons (Fsp3) is 0.364. The van der Waals surface area contributed by atoms with Crippen molar-refractivity contribution in [3.8, 4) is 0 Å². The number of hydrogen-bond donors (Lipinski definition) is 3. The molecule has 0 unspecified atom stereocenters. The minimum atomic E-state index is -3.71. The monoisotopic (exact) mass is 535 g/mol. The van der Waals surface area contributed by atoms with Crippen LogP contribution in [0.4, 0.5) is 9.80 Å². The molecule has 12 nitrogen and oxygen atoms in total. The summed E-state index contributed by atoms with van der Waals surface area (Å²) in [5.41, 5.74) is 6.05. The number of carbonyl (C=O) groups excluding carboxylic acids is 4. The average Bonchev–Trinajstić information content (AvgIpc) is 3.21. The van der Waals surface area contributed by atoms with Crippen LogP contribution in [0.3, 0.4) is 0 Å². The molecule has 2 aliphatic rings. The summed E-state index contributed by atoms with van der Waals surface area (Å²) >= 11 is 1.13. The number of ether oxygens (including phenoxy) is 1. The fourth-order valence-electron chi connectivity index (χ4n) is 4.06. The lowest BCUT2D eigenvalue weighted by Crippen LogP contribution is -2.40. The Kier molecular flexibility index (Phi) is 7.40. The second-order valence-corrected chi connectivity index (χ2v) is 11.3. The topological polar surface area (TPSA) is 168 Å². The third-order valence-corrected chi connectivity index (χ3v) is 8.96. The zero-order valence-corrected chi connectivity index (χ0v) is 21.0. The molecule has 0 saturated carbocycles. The summed E-state index contributed by atoms with van der Waals surface area (Å²) in [6, 6.07) is 4.44. The van der Waals surface area contributed by atoms with Crippen LogP contribution in [0.2, 0.25) is 0 Å². The molecular formula is C22H25N5O7S2. The van der Waals surface area contributed by atoms with Gasteiger partial charge in [0.05, 0.1) is 30.2 Å². The number of urea groups is 1. The number of thiophene rings is 1. The Morgan fingerprint density at radius 1 is 1.03 bits per heavy atom. The van der Waals surface area contributed by atoms with Crippen molar-refractivity contribution in [3.63, 3.8) is 0 Å². The van der Waals surface area contributed by atoms with Gasteiger partial charge >= 0.3 is 6.03 Å². The number of benzene rings is 1. The van der Waals surface area contributed by atoms with E-state index in [9.17, 15) is 27.6 Å². The molecular weight excluding hydrogens is 510 g/mol. The number of hydrogen-bond acceptors (Lipinski definition) is 8. The Bertz CT molecular complexity index is 1310. The van der Waals surface area contributed by atoms with E-state index in [2.05, 4.69) is 5.32 Å². The maximum absolute atomic E-state index is 13.0. The van der Waals surface area contributed by atoms with Crippen molar-refractivity contribution in [3.05, 3.63) is 45.8 Å². The maximum Gasteiger partial charge on any atom is 0.319 e. The third kappa shape index (κ3) is 5.26. The molecule has 14 heteroatoms. The van der Waals surface area contributed by atoms with Crippen molar-refractivity contribution in [2.75, 3.05) is 38.2 Å². The standard InChI is InChI=1S/C22H25N5O7S2/c1-13(28)26-7-6-16-17(12-26)35-21(18(16)20(30)25-22(23)31)24-19(29)14-2-4-15(5-3-14)36(32,33)27-8-10-34-11-9-27/h2-5H,6-12H2,1H3,(H,24,29)(H3,23,25,30,31). The van der Waals surface area contributed by atoms with Crippen LogP contribution in [0, 0.1) is 0 Å². The van der Waals surface area contributed by atoms with Crippen LogP contribution in [0.5, 0.6) is 0 Å². The second kappa shape index (κ2) is 10.3. The maximum atomic E-state index is 13.0. The van der Waals surface area contributed by atoms with Gasteiger partial charge in [0.15, 0.2) is 0 Å². The zero-order chi connectivity index (χ0) is 26.0. The van der Waals surface area contributed by atoms with Crippen LogP contribution >= 0.6 is 11.3 Å². The number of sulfonamides is 1. The smallest absolute Gasteiger partial charge is 0.319 e. The largest absolute Gasteiger partial charge is 0.379 e. The normalized spacial score (nSPS) is 16.2. The molecule has 0 spiro atoms. The molecule has 1 saturated heterocycles. The van der Waals surface area contributed by atoms with E-state index >= 15 is 0 Å². The lowest BCUT2D eigenvalue weighted by atomic mass is 10.0. The molecule has 192 valence electrons. The van der Waals surface area contributed by atoms with E-state index in [0.717, 1.165) is 11.3 Å². The van der Waals surface area contributed by atoms with Gasteiger partial charge in [0, 0.05) is 37.0 Å². The number of nitrogens with one attached hydrogen (secondary N) is 2. The lowest BCUT2D eigenvalue weighted by Gasteiger charge is -2.26. The molecule has 3 heterocycles. The van der Waals surface area contributed by atoms with Gasteiger partial charge in [-0.25, -0.2) is 13.2 Å².